The Morgan fingerprint density at radius 2 is 0.827 bits per heavy atom. The van der Waals surface area contributed by atoms with E-state index in [1.165, 1.54) is 13.8 Å². The summed E-state index contributed by atoms with van der Waals surface area (Å²) >= 11 is 0. The van der Waals surface area contributed by atoms with Gasteiger partial charge in [-0.2, -0.15) is 0 Å². The van der Waals surface area contributed by atoms with Gasteiger partial charge in [0, 0.05) is 26.7 Å². The van der Waals surface area contributed by atoms with Gasteiger partial charge < -0.3 is 204 Å². The third kappa shape index (κ3) is 18.9. The fourth-order valence-corrected chi connectivity index (χ4v) is 13.7. The van der Waals surface area contributed by atoms with Crippen molar-refractivity contribution in [3.63, 3.8) is 0 Å². The van der Waals surface area contributed by atoms with Crippen LogP contribution in [0, 0.1) is 5.92 Å². The lowest BCUT2D eigenvalue weighted by atomic mass is 9.87. The number of ether oxygens (including phenoxy) is 16. The molecule has 3 amide bonds. The highest BCUT2D eigenvalue weighted by atomic mass is 16.9. The molecule has 104 heavy (non-hydrogen) atoms. The van der Waals surface area contributed by atoms with E-state index in [0.29, 0.717) is 0 Å². The second-order valence-electron chi connectivity index (χ2n) is 26.6. The second-order valence-corrected chi connectivity index (χ2v) is 26.6. The second kappa shape index (κ2) is 37.4. The van der Waals surface area contributed by atoms with Gasteiger partial charge >= 0.3 is 5.97 Å². The molecule has 0 spiro atoms. The first kappa shape index (κ1) is 86.0. The fourth-order valence-electron chi connectivity index (χ4n) is 13.7. The Bertz CT molecular complexity index is 2710. The van der Waals surface area contributed by atoms with Gasteiger partial charge in [0.25, 0.3) is 6.47 Å². The van der Waals surface area contributed by atoms with E-state index in [-0.39, 0.29) is 6.47 Å². The third-order valence-electron chi connectivity index (χ3n) is 19.3. The number of aliphatic hydroxyl groups excluding tert-OH is 22. The maximum atomic E-state index is 13.1. The summed E-state index contributed by atoms with van der Waals surface area (Å²) in [5.41, 5.74) is 0. The zero-order valence-electron chi connectivity index (χ0n) is 56.5. The normalized spacial score (nSPS) is 47.9. The van der Waals surface area contributed by atoms with Crippen LogP contribution in [0.1, 0.15) is 41.0 Å². The van der Waals surface area contributed by atoms with Crippen LogP contribution in [0.5, 0.6) is 0 Å². The first-order valence-corrected chi connectivity index (χ1v) is 33.4. The van der Waals surface area contributed by atoms with Gasteiger partial charge in [-0.25, -0.2) is 0 Å². The quantitative estimate of drug-likeness (QED) is 0.0244. The van der Waals surface area contributed by atoms with Gasteiger partial charge in [0.05, 0.1) is 83.6 Å². The molecule has 8 rings (SSSR count). The molecular formula is C59H99N3O42. The molecule has 0 radical (unpaired) electrons. The highest BCUT2D eigenvalue weighted by molar-refractivity contribution is 5.74. The molecule has 8 aliphatic heterocycles. The average molecular weight is 1520 g/mol. The van der Waals surface area contributed by atoms with Crippen molar-refractivity contribution in [2.45, 2.75) is 286 Å². The Labute approximate surface area is 590 Å². The molecule has 17 unspecified atom stereocenters. The molecule has 0 aromatic carbocycles. The SMILES string of the molecule is CC(=O)NC1[C@H](O[C@@H]2C(CO)O[C@@H](C)C(NC(C)=O)[C@H]2O)OC(CO)[C@@H](O[C@@H]2OC(CO[C@H]3OC(CO)[C@@H](O)[C@H](O)C3O)[C@@H](O)[C@H](O[C@H]3OC(CO)[C@@H](O)C(O)C3O[C@@H]3OC(CO)[C@@H](O[C@@H]4OC(CO)[C@H](O)[C@H](O[C@]5(OC=O)C[C@@H](O)[C@@H](C)C(C(O)[C@H](O)CO)O5)C4O)[C@H](O)C3NC(C)=O)C2O)[C@@H]1O. The van der Waals surface area contributed by atoms with E-state index >= 15 is 0 Å². The summed E-state index contributed by atoms with van der Waals surface area (Å²) in [5.74, 6) is -6.38. The van der Waals surface area contributed by atoms with Crippen LogP contribution in [0.2, 0.25) is 0 Å². The number of nitrogens with one attached hydrogen (secondary N) is 3. The van der Waals surface area contributed by atoms with Gasteiger partial charge in [0.15, 0.2) is 37.7 Å². The van der Waals surface area contributed by atoms with E-state index < -0.39 is 328 Å². The van der Waals surface area contributed by atoms with Gasteiger partial charge in [-0.1, -0.05) is 6.92 Å². The van der Waals surface area contributed by atoms with Gasteiger partial charge in [-0.15, -0.1) is 0 Å². The summed E-state index contributed by atoms with van der Waals surface area (Å²) in [4.78, 5) is 50.1. The summed E-state index contributed by atoms with van der Waals surface area (Å²) in [7, 11) is 0. The lowest BCUT2D eigenvalue weighted by Gasteiger charge is -2.51. The van der Waals surface area contributed by atoms with Crippen molar-refractivity contribution in [2.24, 2.45) is 5.92 Å². The van der Waals surface area contributed by atoms with Crippen molar-refractivity contribution in [2.75, 3.05) is 52.9 Å². The van der Waals surface area contributed by atoms with E-state index in [4.69, 9.17) is 75.8 Å². The maximum absolute atomic E-state index is 13.1. The Hall–Kier alpha value is -3.60. The standard InChI is InChI=1S/C59H99N3O42/c1-16-21(74)6-59(90-15-70,103-46(16)33(76)22(75)7-63)104-51-36(79)25(10-66)93-57(45(51)88)100-49-28(13-69)96-54(32(40(49)83)62-20(5)73)102-52-42(85)35(78)24(9-65)94-58(52)101-50-37(80)29(14-89-55-43(86)41(84)34(77)23(8-64)92-55)97-56(44(50)87)99-48-27(12-68)95-53(31(39(48)82)61-19(4)72)98-47-26(11-67)91-17(2)30(38(47)81)60-18(3)71/h15-17,21-58,63-69,74-88H,6-14H2,1-5H3,(H,60,71)(H,61,72)(H,62,73)/t16-,17+,21-,22-,23?,24?,25?,26?,27?,28?,29?,30?,31?,32?,33?,34-,35-,36+,37-,38-,39-,40-,41+,42?,43?,44?,45?,46?,47-,48-,49-,50+,51+,52?,53+,54+,55+,56+,57+,58-,59+/m1/s1. The summed E-state index contributed by atoms with van der Waals surface area (Å²) < 4.78 is 94.0. The molecule has 0 aliphatic carbocycles. The topological polar surface area (TPSA) is 697 Å². The van der Waals surface area contributed by atoms with Crippen LogP contribution in [-0.2, 0) is 95.0 Å². The molecule has 25 N–H and O–H groups in total. The van der Waals surface area contributed by atoms with Gasteiger partial charge in [0.1, 0.15) is 177 Å². The zero-order chi connectivity index (χ0) is 76.8. The molecule has 41 atom stereocenters. The maximum Gasteiger partial charge on any atom is 0.332 e. The van der Waals surface area contributed by atoms with Gasteiger partial charge in [0.2, 0.25) is 17.7 Å². The molecule has 0 saturated carbocycles. The Kier molecular flexibility index (Phi) is 30.9. The number of carbonyl (C=O) groups excluding carboxylic acids is 4. The minimum Gasteiger partial charge on any atom is -0.410 e. The molecule has 8 aliphatic rings. The van der Waals surface area contributed by atoms with Gasteiger partial charge in [-0.05, 0) is 6.92 Å². The number of hydrogen-bond acceptors (Lipinski definition) is 42. The van der Waals surface area contributed by atoms with Crippen molar-refractivity contribution >= 4 is 24.2 Å². The van der Waals surface area contributed by atoms with Crippen molar-refractivity contribution in [3.8, 4) is 0 Å². The molecule has 0 bridgehead atoms. The van der Waals surface area contributed by atoms with E-state index in [0.717, 1.165) is 20.8 Å². The number of amides is 3. The number of rotatable bonds is 29. The highest BCUT2D eigenvalue weighted by Crippen LogP contribution is 2.42. The van der Waals surface area contributed by atoms with Crippen molar-refractivity contribution < 1.29 is 207 Å². The first-order chi connectivity index (χ1) is 49.2. The number of carbonyl (C=O) groups is 4. The molecule has 45 nitrogen and oxygen atoms in total. The molecule has 8 saturated heterocycles. The van der Waals surface area contributed by atoms with Crippen LogP contribution in [0.4, 0.5) is 0 Å². The van der Waals surface area contributed by atoms with Crippen LogP contribution in [0.3, 0.4) is 0 Å². The van der Waals surface area contributed by atoms with Crippen molar-refractivity contribution in [1.29, 1.82) is 0 Å². The monoisotopic (exact) mass is 1520 g/mol. The lowest BCUT2D eigenvalue weighted by molar-refractivity contribution is -0.448. The molecule has 602 valence electrons. The summed E-state index contributed by atoms with van der Waals surface area (Å²) in [5, 5.41) is 251. The largest absolute Gasteiger partial charge is 0.410 e. The zero-order valence-corrected chi connectivity index (χ0v) is 56.5. The molecule has 0 aromatic rings. The van der Waals surface area contributed by atoms with E-state index in [1.54, 1.807) is 0 Å². The predicted molar refractivity (Wildman–Crippen MR) is 323 cm³/mol. The fraction of sp³-hybridized carbons (Fsp3) is 0.932. The molecule has 0 aromatic heterocycles. The smallest absolute Gasteiger partial charge is 0.332 e. The van der Waals surface area contributed by atoms with Crippen LogP contribution in [0.15, 0.2) is 0 Å². The molecule has 8 heterocycles. The summed E-state index contributed by atoms with van der Waals surface area (Å²) in [6, 6.07) is -4.97. The van der Waals surface area contributed by atoms with Gasteiger partial charge in [-0.3, -0.25) is 19.2 Å². The Morgan fingerprint density at radius 1 is 0.433 bits per heavy atom. The van der Waals surface area contributed by atoms with Crippen molar-refractivity contribution in [3.05, 3.63) is 0 Å². The Balaban J connectivity index is 1.08. The predicted octanol–water partition coefficient (Wildman–Crippen LogP) is -16.4. The highest BCUT2D eigenvalue weighted by Gasteiger charge is 2.61. The van der Waals surface area contributed by atoms with Crippen LogP contribution in [0.25, 0.3) is 0 Å². The average Bonchev–Trinajstić information content (AvgIpc) is 0.765. The van der Waals surface area contributed by atoms with E-state index in [9.17, 15) is 132 Å². The lowest BCUT2D eigenvalue weighted by Crippen LogP contribution is -2.71. The molecule has 45 heteroatoms. The number of hydrogen-bond donors (Lipinski definition) is 25. The summed E-state index contributed by atoms with van der Waals surface area (Å²) in [6.07, 6.45) is -72.6. The van der Waals surface area contributed by atoms with Crippen LogP contribution < -0.4 is 16.0 Å². The Morgan fingerprint density at radius 3 is 1.32 bits per heavy atom. The van der Waals surface area contributed by atoms with Crippen LogP contribution in [-0.4, -0.2) is 434 Å². The molecular weight excluding hydrogens is 1420 g/mol. The van der Waals surface area contributed by atoms with Crippen molar-refractivity contribution in [1.82, 2.24) is 16.0 Å². The molecule has 8 fully saturated rings. The summed E-state index contributed by atoms with van der Waals surface area (Å²) in [6.45, 7) is -2.70. The van der Waals surface area contributed by atoms with Crippen LogP contribution >= 0.6 is 0 Å². The minimum absolute atomic E-state index is 0.236. The minimum atomic E-state index is -2.85. The number of aliphatic hydroxyl groups is 22. The van der Waals surface area contributed by atoms with E-state index in [1.807, 2.05) is 0 Å². The van der Waals surface area contributed by atoms with E-state index in [2.05, 4.69) is 16.0 Å². The first-order valence-electron chi connectivity index (χ1n) is 33.4. The third-order valence-corrected chi connectivity index (χ3v) is 19.3.